The quantitative estimate of drug-likeness (QED) is 0.823. The van der Waals surface area contributed by atoms with E-state index in [0.29, 0.717) is 23.9 Å². The second kappa shape index (κ2) is 6.24. The summed E-state index contributed by atoms with van der Waals surface area (Å²) in [7, 11) is 5.75. The van der Waals surface area contributed by atoms with Gasteiger partial charge in [0, 0.05) is 33.7 Å². The fourth-order valence-electron chi connectivity index (χ4n) is 2.02. The molecular formula is C14H26N6. The van der Waals surface area contributed by atoms with E-state index >= 15 is 0 Å². The normalized spacial score (nSPS) is 14.5. The molecule has 20 heavy (non-hydrogen) atoms. The van der Waals surface area contributed by atoms with Gasteiger partial charge in [-0.15, -0.1) is 0 Å². The highest BCUT2D eigenvalue weighted by Gasteiger charge is 2.31. The highest BCUT2D eigenvalue weighted by Crippen LogP contribution is 2.31. The SMILES string of the molecule is CNc1nc(N(C)C)nc(N(CCC(C)C)C2CC2)n1. The molecule has 0 atom stereocenters. The summed E-state index contributed by atoms with van der Waals surface area (Å²) in [6.45, 7) is 5.52. The van der Waals surface area contributed by atoms with Crippen LogP contribution in [0.25, 0.3) is 0 Å². The van der Waals surface area contributed by atoms with Crippen LogP contribution in [0.5, 0.6) is 0 Å². The van der Waals surface area contributed by atoms with Gasteiger partial charge in [-0.05, 0) is 25.2 Å². The molecule has 1 fully saturated rings. The van der Waals surface area contributed by atoms with Crippen molar-refractivity contribution in [2.75, 3.05) is 42.8 Å². The first kappa shape index (κ1) is 14.8. The van der Waals surface area contributed by atoms with E-state index < -0.39 is 0 Å². The Morgan fingerprint density at radius 1 is 1.15 bits per heavy atom. The molecule has 0 amide bonds. The van der Waals surface area contributed by atoms with Crippen LogP contribution in [0.2, 0.25) is 0 Å². The molecule has 0 spiro atoms. The van der Waals surface area contributed by atoms with Crippen molar-refractivity contribution in [3.05, 3.63) is 0 Å². The fourth-order valence-corrected chi connectivity index (χ4v) is 2.02. The molecule has 112 valence electrons. The molecule has 0 bridgehead atoms. The van der Waals surface area contributed by atoms with Gasteiger partial charge in [-0.1, -0.05) is 13.8 Å². The maximum atomic E-state index is 4.61. The first-order chi connectivity index (χ1) is 9.51. The average molecular weight is 278 g/mol. The van der Waals surface area contributed by atoms with Gasteiger partial charge in [0.25, 0.3) is 0 Å². The van der Waals surface area contributed by atoms with Gasteiger partial charge in [-0.25, -0.2) is 0 Å². The summed E-state index contributed by atoms with van der Waals surface area (Å²) in [4.78, 5) is 17.8. The van der Waals surface area contributed by atoms with E-state index in [2.05, 4.69) is 39.0 Å². The number of nitrogens with zero attached hydrogens (tertiary/aromatic N) is 5. The molecule has 0 unspecified atom stereocenters. The molecule has 0 aromatic carbocycles. The summed E-state index contributed by atoms with van der Waals surface area (Å²) >= 11 is 0. The minimum atomic E-state index is 0.607. The van der Waals surface area contributed by atoms with Crippen LogP contribution in [0.3, 0.4) is 0 Å². The predicted molar refractivity (Wildman–Crippen MR) is 83.5 cm³/mol. The van der Waals surface area contributed by atoms with Crippen molar-refractivity contribution in [3.63, 3.8) is 0 Å². The lowest BCUT2D eigenvalue weighted by atomic mass is 10.1. The smallest absolute Gasteiger partial charge is 0.232 e. The predicted octanol–water partition coefficient (Wildman–Crippen LogP) is 1.99. The summed E-state index contributed by atoms with van der Waals surface area (Å²) in [5, 5.41) is 3.03. The molecule has 6 nitrogen and oxygen atoms in total. The first-order valence-corrected chi connectivity index (χ1v) is 7.39. The van der Waals surface area contributed by atoms with Crippen LogP contribution in [-0.2, 0) is 0 Å². The molecule has 2 rings (SSSR count). The molecule has 1 aliphatic rings. The third-order valence-electron chi connectivity index (χ3n) is 3.43. The third-order valence-corrected chi connectivity index (χ3v) is 3.43. The molecule has 1 aliphatic carbocycles. The lowest BCUT2D eigenvalue weighted by Crippen LogP contribution is -2.30. The van der Waals surface area contributed by atoms with E-state index in [9.17, 15) is 0 Å². The van der Waals surface area contributed by atoms with Gasteiger partial charge < -0.3 is 15.1 Å². The zero-order chi connectivity index (χ0) is 14.7. The molecule has 0 radical (unpaired) electrons. The van der Waals surface area contributed by atoms with E-state index in [0.717, 1.165) is 18.9 Å². The Balaban J connectivity index is 2.24. The fraction of sp³-hybridized carbons (Fsp3) is 0.786. The molecule has 1 saturated carbocycles. The molecule has 1 heterocycles. The van der Waals surface area contributed by atoms with E-state index in [1.807, 2.05) is 26.0 Å². The van der Waals surface area contributed by atoms with Crippen molar-refractivity contribution in [1.29, 1.82) is 0 Å². The van der Waals surface area contributed by atoms with E-state index in [1.54, 1.807) is 0 Å². The van der Waals surface area contributed by atoms with E-state index in [4.69, 9.17) is 0 Å². The first-order valence-electron chi connectivity index (χ1n) is 7.39. The van der Waals surface area contributed by atoms with Gasteiger partial charge in [0.15, 0.2) is 0 Å². The molecule has 1 aromatic rings. The molecule has 6 heteroatoms. The molecule has 0 aliphatic heterocycles. The zero-order valence-electron chi connectivity index (χ0n) is 13.2. The second-order valence-corrected chi connectivity index (χ2v) is 6.01. The number of rotatable bonds is 7. The minimum absolute atomic E-state index is 0.607. The van der Waals surface area contributed by atoms with Crippen molar-refractivity contribution >= 4 is 17.8 Å². The largest absolute Gasteiger partial charge is 0.357 e. The Bertz CT molecular complexity index is 441. The lowest BCUT2D eigenvalue weighted by Gasteiger charge is -2.24. The van der Waals surface area contributed by atoms with Gasteiger partial charge in [0.1, 0.15) is 0 Å². The Morgan fingerprint density at radius 3 is 2.30 bits per heavy atom. The van der Waals surface area contributed by atoms with Gasteiger partial charge in [0.2, 0.25) is 17.8 Å². The van der Waals surface area contributed by atoms with Crippen molar-refractivity contribution in [2.45, 2.75) is 39.2 Å². The van der Waals surface area contributed by atoms with Crippen LogP contribution in [0.15, 0.2) is 0 Å². The highest BCUT2D eigenvalue weighted by atomic mass is 15.4. The summed E-state index contributed by atoms with van der Waals surface area (Å²) in [5.41, 5.74) is 0. The molecular weight excluding hydrogens is 252 g/mol. The van der Waals surface area contributed by atoms with Crippen LogP contribution in [-0.4, -0.2) is 48.7 Å². The Morgan fingerprint density at radius 2 is 1.80 bits per heavy atom. The Labute approximate surface area is 121 Å². The average Bonchev–Trinajstić information content (AvgIpc) is 3.22. The van der Waals surface area contributed by atoms with Crippen molar-refractivity contribution < 1.29 is 0 Å². The highest BCUT2D eigenvalue weighted by molar-refractivity contribution is 5.45. The van der Waals surface area contributed by atoms with Gasteiger partial charge >= 0.3 is 0 Å². The van der Waals surface area contributed by atoms with Gasteiger partial charge in [-0.3, -0.25) is 0 Å². The van der Waals surface area contributed by atoms with Crippen molar-refractivity contribution in [3.8, 4) is 0 Å². The standard InChI is InChI=1S/C14H26N6/c1-10(2)8-9-20(11-6-7-11)14-17-12(15-3)16-13(18-14)19(4)5/h10-11H,6-9H2,1-5H3,(H,15,16,17,18). The zero-order valence-corrected chi connectivity index (χ0v) is 13.2. The van der Waals surface area contributed by atoms with Crippen LogP contribution in [0.1, 0.15) is 33.1 Å². The Kier molecular flexibility index (Phi) is 4.62. The Hall–Kier alpha value is -1.59. The lowest BCUT2D eigenvalue weighted by molar-refractivity contribution is 0.565. The maximum Gasteiger partial charge on any atom is 0.232 e. The van der Waals surface area contributed by atoms with Crippen LogP contribution in [0, 0.1) is 5.92 Å². The third kappa shape index (κ3) is 3.71. The van der Waals surface area contributed by atoms with Crippen molar-refractivity contribution in [2.24, 2.45) is 5.92 Å². The monoisotopic (exact) mass is 278 g/mol. The van der Waals surface area contributed by atoms with E-state index in [1.165, 1.54) is 12.8 Å². The molecule has 0 saturated heterocycles. The van der Waals surface area contributed by atoms with Gasteiger partial charge in [0.05, 0.1) is 0 Å². The number of anilines is 3. The molecule has 1 N–H and O–H groups in total. The maximum absolute atomic E-state index is 4.61. The summed E-state index contributed by atoms with van der Waals surface area (Å²) < 4.78 is 0. The van der Waals surface area contributed by atoms with Crippen LogP contribution in [0.4, 0.5) is 17.8 Å². The topological polar surface area (TPSA) is 57.2 Å². The van der Waals surface area contributed by atoms with E-state index in [-0.39, 0.29) is 0 Å². The number of nitrogens with one attached hydrogen (secondary N) is 1. The number of hydrogen-bond donors (Lipinski definition) is 1. The summed E-state index contributed by atoms with van der Waals surface area (Å²) in [6, 6.07) is 0.607. The summed E-state index contributed by atoms with van der Waals surface area (Å²) in [5.74, 6) is 2.83. The summed E-state index contributed by atoms with van der Waals surface area (Å²) in [6.07, 6.45) is 3.65. The number of aromatic nitrogens is 3. The molecule has 1 aromatic heterocycles. The van der Waals surface area contributed by atoms with Crippen LogP contribution >= 0.6 is 0 Å². The number of hydrogen-bond acceptors (Lipinski definition) is 6. The minimum Gasteiger partial charge on any atom is -0.357 e. The van der Waals surface area contributed by atoms with Gasteiger partial charge in [-0.2, -0.15) is 15.0 Å². The van der Waals surface area contributed by atoms with Crippen molar-refractivity contribution in [1.82, 2.24) is 15.0 Å². The second-order valence-electron chi connectivity index (χ2n) is 6.01. The van der Waals surface area contributed by atoms with Crippen LogP contribution < -0.4 is 15.1 Å².